The van der Waals surface area contributed by atoms with Gasteiger partial charge in [-0.15, -0.1) is 0 Å². The average molecular weight is 295 g/mol. The number of nitrogens with zero attached hydrogens (tertiary/aromatic N) is 2. The van der Waals surface area contributed by atoms with Crippen molar-refractivity contribution in [3.05, 3.63) is 10.4 Å². The number of piperidine rings is 2. The predicted molar refractivity (Wildman–Crippen MR) is 85.1 cm³/mol. The van der Waals surface area contributed by atoms with Crippen LogP contribution in [-0.4, -0.2) is 41.9 Å². The molecule has 6 unspecified atom stereocenters. The van der Waals surface area contributed by atoms with Gasteiger partial charge in [0.05, 0.1) is 19.6 Å². The second kappa shape index (κ2) is 6.15. The average Bonchev–Trinajstić information content (AvgIpc) is 2.42. The molecule has 0 N–H and O–H groups in total. The van der Waals surface area contributed by atoms with Gasteiger partial charge < -0.3 is 20.1 Å². The van der Waals surface area contributed by atoms with Crippen molar-refractivity contribution >= 4 is 0 Å². The van der Waals surface area contributed by atoms with Gasteiger partial charge in [0, 0.05) is 12.3 Å². The first-order chi connectivity index (χ1) is 9.97. The van der Waals surface area contributed by atoms with E-state index in [1.54, 1.807) is 0 Å². The number of likely N-dealkylation sites (tertiary alicyclic amines) is 1. The van der Waals surface area contributed by atoms with Crippen LogP contribution in [0.2, 0.25) is 0 Å². The first-order valence-electron chi connectivity index (χ1n) is 8.97. The molecule has 21 heavy (non-hydrogen) atoms. The first-order valence-corrected chi connectivity index (χ1v) is 8.97. The molecule has 0 aromatic rings. The Morgan fingerprint density at radius 1 is 1.14 bits per heavy atom. The van der Waals surface area contributed by atoms with Crippen LogP contribution < -0.4 is 0 Å². The monoisotopic (exact) mass is 295 g/mol. The van der Waals surface area contributed by atoms with Crippen LogP contribution in [0.5, 0.6) is 0 Å². The van der Waals surface area contributed by atoms with Gasteiger partial charge in [-0.05, 0) is 62.9 Å². The quantitative estimate of drug-likeness (QED) is 0.578. The van der Waals surface area contributed by atoms with Crippen LogP contribution in [0.3, 0.4) is 0 Å². The minimum absolute atomic E-state index is 0.0305. The van der Waals surface area contributed by atoms with Gasteiger partial charge in [-0.3, -0.25) is 0 Å². The minimum Gasteiger partial charge on any atom is -0.785 e. The van der Waals surface area contributed by atoms with E-state index in [-0.39, 0.29) is 16.7 Å². The molecule has 4 nitrogen and oxygen atoms in total. The third kappa shape index (κ3) is 3.29. The van der Waals surface area contributed by atoms with Crippen molar-refractivity contribution in [1.82, 2.24) is 5.06 Å². The van der Waals surface area contributed by atoms with E-state index in [0.29, 0.717) is 17.8 Å². The predicted octanol–water partition coefficient (Wildman–Crippen LogP) is 3.50. The van der Waals surface area contributed by atoms with Crippen LogP contribution in [0.15, 0.2) is 0 Å². The highest BCUT2D eigenvalue weighted by Crippen LogP contribution is 2.46. The fourth-order valence-electron chi connectivity index (χ4n) is 5.38. The van der Waals surface area contributed by atoms with Crippen molar-refractivity contribution in [2.45, 2.75) is 70.4 Å². The summed E-state index contributed by atoms with van der Waals surface area (Å²) in [6, 6.07) is 0.512. The molecule has 2 saturated heterocycles. The molecule has 3 fully saturated rings. The lowest BCUT2D eigenvalue weighted by molar-refractivity contribution is -0.898. The normalized spacial score (nSPS) is 48.9. The van der Waals surface area contributed by atoms with E-state index in [1.807, 2.05) is 7.05 Å². The Bertz CT molecular complexity index is 361. The number of hydrogen-bond acceptors (Lipinski definition) is 3. The van der Waals surface area contributed by atoms with Crippen molar-refractivity contribution in [2.24, 2.45) is 17.8 Å². The van der Waals surface area contributed by atoms with Crippen LogP contribution in [0.25, 0.3) is 0 Å². The third-order valence-electron chi connectivity index (χ3n) is 6.44. The summed E-state index contributed by atoms with van der Waals surface area (Å²) in [7, 11) is 1.88. The zero-order valence-corrected chi connectivity index (χ0v) is 13.7. The van der Waals surface area contributed by atoms with Gasteiger partial charge in [0.1, 0.15) is 0 Å². The number of fused-ring (bicyclic) bond motifs is 1. The maximum absolute atomic E-state index is 12.8. The second-order valence-electron chi connectivity index (χ2n) is 8.13. The van der Waals surface area contributed by atoms with Crippen LogP contribution in [0, 0.1) is 28.2 Å². The molecule has 122 valence electrons. The summed E-state index contributed by atoms with van der Waals surface area (Å²) in [5, 5.41) is 26.2. The van der Waals surface area contributed by atoms with E-state index in [9.17, 15) is 10.4 Å². The topological polar surface area (TPSA) is 49.4 Å². The summed E-state index contributed by atoms with van der Waals surface area (Å²) >= 11 is 0. The Labute approximate surface area is 129 Å². The van der Waals surface area contributed by atoms with Crippen molar-refractivity contribution in [1.29, 1.82) is 0 Å². The van der Waals surface area contributed by atoms with Crippen molar-refractivity contribution in [3.63, 3.8) is 0 Å². The number of hydroxylamine groups is 5. The molecule has 0 aromatic carbocycles. The Morgan fingerprint density at radius 2 is 1.95 bits per heavy atom. The fourth-order valence-corrected chi connectivity index (χ4v) is 5.38. The smallest absolute Gasteiger partial charge is 0.0919 e. The van der Waals surface area contributed by atoms with E-state index in [0.717, 1.165) is 45.2 Å². The van der Waals surface area contributed by atoms with Crippen molar-refractivity contribution in [2.75, 3.05) is 20.1 Å². The highest BCUT2D eigenvalue weighted by atomic mass is 16.5. The summed E-state index contributed by atoms with van der Waals surface area (Å²) in [6.07, 6.45) is 8.96. The largest absolute Gasteiger partial charge is 0.785 e. The van der Waals surface area contributed by atoms with Gasteiger partial charge in [0.2, 0.25) is 0 Å². The molecule has 2 heterocycles. The maximum atomic E-state index is 12.8. The summed E-state index contributed by atoms with van der Waals surface area (Å²) in [5.41, 5.74) is 0. The Morgan fingerprint density at radius 3 is 2.71 bits per heavy atom. The number of quaternary nitrogens is 1. The van der Waals surface area contributed by atoms with Gasteiger partial charge in [-0.2, -0.15) is 0 Å². The van der Waals surface area contributed by atoms with Gasteiger partial charge in [0.25, 0.3) is 0 Å². The lowest BCUT2D eigenvalue weighted by Crippen LogP contribution is -2.59. The number of rotatable bonds is 2. The van der Waals surface area contributed by atoms with Gasteiger partial charge in [-0.1, -0.05) is 13.3 Å². The van der Waals surface area contributed by atoms with Gasteiger partial charge in [-0.25, -0.2) is 0 Å². The molecular weight excluding hydrogens is 264 g/mol. The molecule has 3 rings (SSSR count). The molecule has 0 bridgehead atoms. The molecule has 3 aliphatic rings. The molecule has 0 aromatic heterocycles. The van der Waals surface area contributed by atoms with E-state index >= 15 is 0 Å². The van der Waals surface area contributed by atoms with Crippen molar-refractivity contribution < 1.29 is 4.65 Å². The van der Waals surface area contributed by atoms with Gasteiger partial charge >= 0.3 is 0 Å². The molecule has 6 atom stereocenters. The molecule has 0 spiro atoms. The molecule has 0 radical (unpaired) electrons. The second-order valence-corrected chi connectivity index (χ2v) is 8.13. The lowest BCUT2D eigenvalue weighted by Gasteiger charge is -2.57. The standard InChI is InChI=1S/C17H31N2O2/c1-13-10-14(12-15-6-3-4-8-18(15)20)16-7-5-9-19(2,21)17(16)11-13/h13-17H,3-12H2,1-2H3/q-1. The highest BCUT2D eigenvalue weighted by Gasteiger charge is 2.45. The molecular formula is C17H31N2O2-. The van der Waals surface area contributed by atoms with E-state index in [4.69, 9.17) is 0 Å². The fraction of sp³-hybridized carbons (Fsp3) is 1.00. The third-order valence-corrected chi connectivity index (χ3v) is 6.44. The Balaban J connectivity index is 1.71. The zero-order valence-electron chi connectivity index (χ0n) is 13.7. The lowest BCUT2D eigenvalue weighted by atomic mass is 9.65. The van der Waals surface area contributed by atoms with Crippen LogP contribution in [0.4, 0.5) is 0 Å². The van der Waals surface area contributed by atoms with E-state index in [1.165, 1.54) is 24.3 Å². The summed E-state index contributed by atoms with van der Waals surface area (Å²) in [6.45, 7) is 3.81. The van der Waals surface area contributed by atoms with E-state index < -0.39 is 0 Å². The Hall–Kier alpha value is -0.160. The maximum Gasteiger partial charge on any atom is 0.0919 e. The summed E-state index contributed by atoms with van der Waals surface area (Å²) in [5.74, 6) is 1.81. The van der Waals surface area contributed by atoms with E-state index in [2.05, 4.69) is 6.92 Å². The summed E-state index contributed by atoms with van der Waals surface area (Å²) in [4.78, 5) is 0. The Kier molecular flexibility index (Phi) is 4.60. The molecule has 1 aliphatic carbocycles. The van der Waals surface area contributed by atoms with Crippen LogP contribution >= 0.6 is 0 Å². The molecule has 1 saturated carbocycles. The summed E-state index contributed by atoms with van der Waals surface area (Å²) < 4.78 is -0.0305. The molecule has 0 amide bonds. The van der Waals surface area contributed by atoms with Crippen LogP contribution in [-0.2, 0) is 0 Å². The molecule has 4 heteroatoms. The van der Waals surface area contributed by atoms with Crippen molar-refractivity contribution in [3.8, 4) is 0 Å². The van der Waals surface area contributed by atoms with Gasteiger partial charge in [0.15, 0.2) is 0 Å². The molecule has 2 aliphatic heterocycles. The minimum atomic E-state index is -0.0305. The zero-order chi connectivity index (χ0) is 15.0. The first kappa shape index (κ1) is 15.7. The highest BCUT2D eigenvalue weighted by molar-refractivity contribution is 4.91. The van der Waals surface area contributed by atoms with Crippen LogP contribution in [0.1, 0.15) is 58.3 Å². The number of hydrogen-bond donors (Lipinski definition) is 0. The SMILES string of the molecule is CC1CC(CC2CCCCN2[O-])C2CCC[N+](C)([O-])C2C1.